The minimum atomic E-state index is 0.434. The van der Waals surface area contributed by atoms with E-state index in [9.17, 15) is 0 Å². The van der Waals surface area contributed by atoms with E-state index in [2.05, 4.69) is 48.1 Å². The molecule has 1 aromatic rings. The fraction of sp³-hybridized carbons (Fsp3) is 0.857. The highest BCUT2D eigenvalue weighted by molar-refractivity contribution is 5.25. The summed E-state index contributed by atoms with van der Waals surface area (Å²) in [5.41, 5.74) is 0. The van der Waals surface area contributed by atoms with Gasteiger partial charge in [0.15, 0.2) is 0 Å². The van der Waals surface area contributed by atoms with Gasteiger partial charge in [0.2, 0.25) is 5.89 Å². The number of hydrogen-bond donors (Lipinski definition) is 1. The first-order valence-corrected chi connectivity index (χ1v) is 7.52. The first kappa shape index (κ1) is 16.0. The first-order valence-electron chi connectivity index (χ1n) is 7.52. The second-order valence-electron chi connectivity index (χ2n) is 4.96. The van der Waals surface area contributed by atoms with E-state index in [-0.39, 0.29) is 0 Å². The van der Waals surface area contributed by atoms with Gasteiger partial charge in [0.05, 0.1) is 6.54 Å². The quantitative estimate of drug-likeness (QED) is 0.661. The standard InChI is InChI=1S/C14H28N4O/c1-5-8-10-18(12(4)7-3)14-17-16-13(19-14)11-15-9-6-2/h12,15H,5-11H2,1-4H3. The van der Waals surface area contributed by atoms with Crippen molar-refractivity contribution in [1.29, 1.82) is 0 Å². The predicted molar refractivity (Wildman–Crippen MR) is 78.3 cm³/mol. The molecule has 0 bridgehead atoms. The van der Waals surface area contributed by atoms with Crippen molar-refractivity contribution in [1.82, 2.24) is 15.5 Å². The number of nitrogens with zero attached hydrogens (tertiary/aromatic N) is 3. The Hall–Kier alpha value is -1.10. The van der Waals surface area contributed by atoms with Gasteiger partial charge in [0, 0.05) is 12.6 Å². The average Bonchev–Trinajstić information content (AvgIpc) is 2.88. The molecule has 1 unspecified atom stereocenters. The summed E-state index contributed by atoms with van der Waals surface area (Å²) in [6, 6.07) is 1.10. The molecule has 1 atom stereocenters. The third-order valence-electron chi connectivity index (χ3n) is 3.28. The fourth-order valence-electron chi connectivity index (χ4n) is 1.86. The number of aromatic nitrogens is 2. The molecule has 0 aliphatic heterocycles. The van der Waals surface area contributed by atoms with E-state index in [4.69, 9.17) is 4.42 Å². The van der Waals surface area contributed by atoms with Crippen molar-refractivity contribution in [2.45, 2.75) is 66.0 Å². The largest absolute Gasteiger partial charge is 0.407 e. The molecule has 0 saturated carbocycles. The van der Waals surface area contributed by atoms with Crippen molar-refractivity contribution in [2.24, 2.45) is 0 Å². The molecule has 0 aliphatic carbocycles. The van der Waals surface area contributed by atoms with Crippen LogP contribution in [0.2, 0.25) is 0 Å². The van der Waals surface area contributed by atoms with Crippen LogP contribution in [0.5, 0.6) is 0 Å². The Morgan fingerprint density at radius 2 is 2.00 bits per heavy atom. The Kier molecular flexibility index (Phi) is 7.48. The maximum atomic E-state index is 5.75. The molecule has 0 radical (unpaired) electrons. The molecule has 110 valence electrons. The highest BCUT2D eigenvalue weighted by Crippen LogP contribution is 2.17. The minimum Gasteiger partial charge on any atom is -0.407 e. The average molecular weight is 268 g/mol. The Balaban J connectivity index is 2.62. The smallest absolute Gasteiger partial charge is 0.318 e. The molecule has 1 N–H and O–H groups in total. The van der Waals surface area contributed by atoms with Crippen LogP contribution in [0, 0.1) is 0 Å². The lowest BCUT2D eigenvalue weighted by molar-refractivity contribution is 0.443. The summed E-state index contributed by atoms with van der Waals surface area (Å²) in [6.45, 7) is 11.3. The van der Waals surface area contributed by atoms with E-state index >= 15 is 0 Å². The predicted octanol–water partition coefficient (Wildman–Crippen LogP) is 2.97. The zero-order chi connectivity index (χ0) is 14.1. The van der Waals surface area contributed by atoms with Crippen molar-refractivity contribution in [3.8, 4) is 0 Å². The summed E-state index contributed by atoms with van der Waals surface area (Å²) in [5.74, 6) is 0.674. The minimum absolute atomic E-state index is 0.434. The van der Waals surface area contributed by atoms with E-state index < -0.39 is 0 Å². The van der Waals surface area contributed by atoms with Gasteiger partial charge < -0.3 is 14.6 Å². The summed E-state index contributed by atoms with van der Waals surface area (Å²) in [5, 5.41) is 11.6. The second-order valence-corrected chi connectivity index (χ2v) is 4.96. The van der Waals surface area contributed by atoms with E-state index in [1.165, 1.54) is 6.42 Å². The Morgan fingerprint density at radius 3 is 2.63 bits per heavy atom. The molecule has 0 spiro atoms. The molecular weight excluding hydrogens is 240 g/mol. The molecule has 1 heterocycles. The molecule has 0 fully saturated rings. The molecule has 19 heavy (non-hydrogen) atoms. The molecule has 1 aromatic heterocycles. The monoisotopic (exact) mass is 268 g/mol. The van der Waals surface area contributed by atoms with Gasteiger partial charge in [-0.25, -0.2) is 0 Å². The zero-order valence-electron chi connectivity index (χ0n) is 12.8. The fourth-order valence-corrected chi connectivity index (χ4v) is 1.86. The lowest BCUT2D eigenvalue weighted by atomic mass is 10.2. The van der Waals surface area contributed by atoms with Gasteiger partial charge in [0.25, 0.3) is 0 Å². The van der Waals surface area contributed by atoms with E-state index in [1.54, 1.807) is 0 Å². The molecule has 5 nitrogen and oxygen atoms in total. The van der Waals surface area contributed by atoms with Gasteiger partial charge in [-0.3, -0.25) is 0 Å². The van der Waals surface area contributed by atoms with Gasteiger partial charge >= 0.3 is 6.01 Å². The van der Waals surface area contributed by atoms with Gasteiger partial charge in [-0.1, -0.05) is 32.3 Å². The SMILES string of the molecule is CCCCN(c1nnc(CNCCC)o1)C(C)CC. The topological polar surface area (TPSA) is 54.2 Å². The van der Waals surface area contributed by atoms with Gasteiger partial charge in [-0.05, 0) is 32.7 Å². The summed E-state index contributed by atoms with van der Waals surface area (Å²) in [7, 11) is 0. The highest BCUT2D eigenvalue weighted by Gasteiger charge is 2.18. The third-order valence-corrected chi connectivity index (χ3v) is 3.28. The molecule has 0 amide bonds. The van der Waals surface area contributed by atoms with Crippen LogP contribution in [0.1, 0.15) is 59.3 Å². The lowest BCUT2D eigenvalue weighted by Gasteiger charge is -2.26. The van der Waals surface area contributed by atoms with E-state index in [0.29, 0.717) is 24.5 Å². The van der Waals surface area contributed by atoms with Crippen LogP contribution in [-0.4, -0.2) is 29.3 Å². The summed E-state index contributed by atoms with van der Waals surface area (Å²) >= 11 is 0. The van der Waals surface area contributed by atoms with Crippen molar-refractivity contribution in [3.63, 3.8) is 0 Å². The maximum absolute atomic E-state index is 5.75. The summed E-state index contributed by atoms with van der Waals surface area (Å²) in [4.78, 5) is 2.22. The molecular formula is C14H28N4O. The van der Waals surface area contributed by atoms with Crippen LogP contribution in [0.15, 0.2) is 4.42 Å². The van der Waals surface area contributed by atoms with Crippen LogP contribution in [0.4, 0.5) is 6.01 Å². The van der Waals surface area contributed by atoms with Gasteiger partial charge in [-0.15, -0.1) is 5.10 Å². The van der Waals surface area contributed by atoms with E-state index in [1.807, 2.05) is 0 Å². The van der Waals surface area contributed by atoms with Crippen molar-refractivity contribution in [3.05, 3.63) is 5.89 Å². The molecule has 5 heteroatoms. The highest BCUT2D eigenvalue weighted by atomic mass is 16.4. The Morgan fingerprint density at radius 1 is 1.21 bits per heavy atom. The van der Waals surface area contributed by atoms with Crippen LogP contribution >= 0.6 is 0 Å². The number of anilines is 1. The molecule has 0 saturated heterocycles. The summed E-state index contributed by atoms with van der Waals surface area (Å²) in [6.07, 6.45) is 4.51. The zero-order valence-corrected chi connectivity index (χ0v) is 12.8. The second kappa shape index (κ2) is 8.91. The molecule has 0 aromatic carbocycles. The van der Waals surface area contributed by atoms with Crippen LogP contribution < -0.4 is 10.2 Å². The van der Waals surface area contributed by atoms with Gasteiger partial charge in [0.1, 0.15) is 0 Å². The van der Waals surface area contributed by atoms with Crippen molar-refractivity contribution < 1.29 is 4.42 Å². The summed E-state index contributed by atoms with van der Waals surface area (Å²) < 4.78 is 5.75. The number of rotatable bonds is 10. The van der Waals surface area contributed by atoms with Crippen LogP contribution in [-0.2, 0) is 6.54 Å². The first-order chi connectivity index (χ1) is 9.22. The van der Waals surface area contributed by atoms with Crippen LogP contribution in [0.25, 0.3) is 0 Å². The van der Waals surface area contributed by atoms with Gasteiger partial charge in [-0.2, -0.15) is 0 Å². The van der Waals surface area contributed by atoms with Crippen LogP contribution in [0.3, 0.4) is 0 Å². The molecule has 0 aliphatic rings. The normalized spacial score (nSPS) is 12.6. The Labute approximate surface area is 116 Å². The maximum Gasteiger partial charge on any atom is 0.318 e. The number of unbranched alkanes of at least 4 members (excludes halogenated alkanes) is 1. The van der Waals surface area contributed by atoms with Crippen molar-refractivity contribution >= 4 is 6.01 Å². The van der Waals surface area contributed by atoms with E-state index in [0.717, 1.165) is 32.4 Å². The Bertz CT molecular complexity index is 340. The number of hydrogen-bond acceptors (Lipinski definition) is 5. The molecule has 1 rings (SSSR count). The third kappa shape index (κ3) is 5.19. The van der Waals surface area contributed by atoms with Crippen molar-refractivity contribution in [2.75, 3.05) is 18.0 Å². The lowest BCUT2D eigenvalue weighted by Crippen LogP contribution is -2.33. The number of nitrogens with one attached hydrogen (secondary N) is 1.